The molecule has 0 bridgehead atoms. The molecule has 1 aromatic carbocycles. The fourth-order valence-electron chi connectivity index (χ4n) is 1.87. The number of hydrogen-bond acceptors (Lipinski definition) is 4. The predicted octanol–water partition coefficient (Wildman–Crippen LogP) is 2.30. The lowest BCUT2D eigenvalue weighted by atomic mass is 10.1. The second-order valence-electron chi connectivity index (χ2n) is 4.85. The van der Waals surface area contributed by atoms with Gasteiger partial charge >= 0.3 is 0 Å². The zero-order valence-electron chi connectivity index (χ0n) is 11.8. The van der Waals surface area contributed by atoms with Crippen LogP contribution in [0.25, 0.3) is 11.5 Å². The van der Waals surface area contributed by atoms with E-state index in [9.17, 15) is 0 Å². The molecule has 4 heteroatoms. The highest BCUT2D eigenvalue weighted by Gasteiger charge is 2.08. The van der Waals surface area contributed by atoms with E-state index in [2.05, 4.69) is 41.3 Å². The molecule has 0 aliphatic heterocycles. The second-order valence-corrected chi connectivity index (χ2v) is 4.85. The van der Waals surface area contributed by atoms with Crippen LogP contribution in [0.5, 0.6) is 0 Å². The molecule has 0 fully saturated rings. The van der Waals surface area contributed by atoms with Crippen molar-refractivity contribution in [1.29, 1.82) is 0 Å². The first-order chi connectivity index (χ1) is 9.19. The Morgan fingerprint density at radius 3 is 2.68 bits per heavy atom. The minimum Gasteiger partial charge on any atom is -0.444 e. The molecule has 0 saturated heterocycles. The van der Waals surface area contributed by atoms with E-state index in [1.54, 1.807) is 6.26 Å². The van der Waals surface area contributed by atoms with Crippen molar-refractivity contribution in [2.75, 3.05) is 27.2 Å². The molecule has 0 aliphatic rings. The van der Waals surface area contributed by atoms with Crippen molar-refractivity contribution in [3.05, 3.63) is 41.8 Å². The monoisotopic (exact) mass is 259 g/mol. The number of rotatable bonds is 6. The first kappa shape index (κ1) is 13.8. The summed E-state index contributed by atoms with van der Waals surface area (Å²) in [5, 5.41) is 3.14. The van der Waals surface area contributed by atoms with E-state index in [0.717, 1.165) is 30.9 Å². The molecular formula is C15H21N3O. The van der Waals surface area contributed by atoms with Gasteiger partial charge in [-0.1, -0.05) is 17.7 Å². The quantitative estimate of drug-likeness (QED) is 0.864. The largest absolute Gasteiger partial charge is 0.444 e. The first-order valence-electron chi connectivity index (χ1n) is 6.53. The van der Waals surface area contributed by atoms with E-state index >= 15 is 0 Å². The molecule has 0 radical (unpaired) electrons. The van der Waals surface area contributed by atoms with Crippen LogP contribution in [0.2, 0.25) is 0 Å². The number of aromatic nitrogens is 1. The Morgan fingerprint density at radius 2 is 2.00 bits per heavy atom. The van der Waals surface area contributed by atoms with Crippen LogP contribution in [0.1, 0.15) is 11.3 Å². The Labute approximate surface area is 114 Å². The van der Waals surface area contributed by atoms with Crippen LogP contribution < -0.4 is 5.32 Å². The van der Waals surface area contributed by atoms with Crippen molar-refractivity contribution in [2.24, 2.45) is 0 Å². The van der Waals surface area contributed by atoms with E-state index < -0.39 is 0 Å². The molecule has 1 heterocycles. The van der Waals surface area contributed by atoms with Gasteiger partial charge in [0.1, 0.15) is 6.26 Å². The third kappa shape index (κ3) is 3.91. The molecule has 19 heavy (non-hydrogen) atoms. The van der Waals surface area contributed by atoms with Crippen molar-refractivity contribution in [2.45, 2.75) is 13.5 Å². The minimum absolute atomic E-state index is 0.692. The van der Waals surface area contributed by atoms with Gasteiger partial charge in [-0.05, 0) is 33.2 Å². The molecule has 0 amide bonds. The maximum atomic E-state index is 5.54. The third-order valence-corrected chi connectivity index (χ3v) is 3.03. The smallest absolute Gasteiger partial charge is 0.226 e. The van der Waals surface area contributed by atoms with Crippen LogP contribution in [-0.4, -0.2) is 37.1 Å². The fraction of sp³-hybridized carbons (Fsp3) is 0.400. The molecular weight excluding hydrogens is 238 g/mol. The lowest BCUT2D eigenvalue weighted by molar-refractivity contribution is 0.324. The van der Waals surface area contributed by atoms with E-state index in [1.807, 2.05) is 19.2 Å². The second kappa shape index (κ2) is 6.50. The van der Waals surface area contributed by atoms with E-state index in [-0.39, 0.29) is 0 Å². The third-order valence-electron chi connectivity index (χ3n) is 3.03. The Balaban J connectivity index is 2.00. The van der Waals surface area contributed by atoms with Gasteiger partial charge in [0.2, 0.25) is 5.89 Å². The topological polar surface area (TPSA) is 41.3 Å². The average Bonchev–Trinajstić information content (AvgIpc) is 2.85. The SMILES string of the molecule is CNCCN(C)Cc1coc(-c2ccc(C)cc2)n1. The lowest BCUT2D eigenvalue weighted by Crippen LogP contribution is -2.27. The Kier molecular flexibility index (Phi) is 4.71. The molecule has 1 aromatic heterocycles. The van der Waals surface area contributed by atoms with E-state index in [4.69, 9.17) is 4.42 Å². The molecule has 0 unspecified atom stereocenters. The zero-order valence-corrected chi connectivity index (χ0v) is 11.8. The molecule has 0 spiro atoms. The van der Waals surface area contributed by atoms with Gasteiger partial charge in [0.05, 0.1) is 5.69 Å². The van der Waals surface area contributed by atoms with Gasteiger partial charge in [-0.2, -0.15) is 0 Å². The van der Waals surface area contributed by atoms with Crippen LogP contribution in [-0.2, 0) is 6.54 Å². The number of likely N-dealkylation sites (N-methyl/N-ethyl adjacent to an activating group) is 2. The summed E-state index contributed by atoms with van der Waals surface area (Å²) in [5.41, 5.74) is 3.23. The fourth-order valence-corrected chi connectivity index (χ4v) is 1.87. The normalized spacial score (nSPS) is 11.2. The van der Waals surface area contributed by atoms with Crippen LogP contribution >= 0.6 is 0 Å². The number of oxazole rings is 1. The van der Waals surface area contributed by atoms with Gasteiger partial charge in [-0.15, -0.1) is 0 Å². The predicted molar refractivity (Wildman–Crippen MR) is 76.9 cm³/mol. The summed E-state index contributed by atoms with van der Waals surface area (Å²) in [5.74, 6) is 0.692. The zero-order chi connectivity index (χ0) is 13.7. The number of hydrogen-bond donors (Lipinski definition) is 1. The average molecular weight is 259 g/mol. The summed E-state index contributed by atoms with van der Waals surface area (Å²) in [4.78, 5) is 6.75. The van der Waals surface area contributed by atoms with Gasteiger partial charge in [0, 0.05) is 25.2 Å². The summed E-state index contributed by atoms with van der Waals surface area (Å²) in [6, 6.07) is 8.21. The Morgan fingerprint density at radius 1 is 1.26 bits per heavy atom. The van der Waals surface area contributed by atoms with Crippen molar-refractivity contribution < 1.29 is 4.42 Å². The standard InChI is InChI=1S/C15H21N3O/c1-12-4-6-13(7-5-12)15-17-14(11-19-15)10-18(3)9-8-16-2/h4-7,11,16H,8-10H2,1-3H3. The van der Waals surface area contributed by atoms with Crippen molar-refractivity contribution >= 4 is 0 Å². The summed E-state index contributed by atoms with van der Waals surface area (Å²) in [6.07, 6.45) is 1.74. The van der Waals surface area contributed by atoms with Crippen molar-refractivity contribution in [3.63, 3.8) is 0 Å². The summed E-state index contributed by atoms with van der Waals surface area (Å²) in [7, 11) is 4.04. The van der Waals surface area contributed by atoms with Crippen LogP contribution in [0, 0.1) is 6.92 Å². The molecule has 1 N–H and O–H groups in total. The molecule has 102 valence electrons. The van der Waals surface area contributed by atoms with Crippen LogP contribution in [0.15, 0.2) is 34.9 Å². The number of nitrogens with one attached hydrogen (secondary N) is 1. The summed E-state index contributed by atoms with van der Waals surface area (Å²) < 4.78 is 5.54. The highest BCUT2D eigenvalue weighted by atomic mass is 16.3. The van der Waals surface area contributed by atoms with Gasteiger partial charge in [-0.25, -0.2) is 4.98 Å². The molecule has 0 saturated carbocycles. The molecule has 0 aliphatic carbocycles. The summed E-state index contributed by atoms with van der Waals surface area (Å²) in [6.45, 7) is 4.83. The minimum atomic E-state index is 0.692. The van der Waals surface area contributed by atoms with Gasteiger partial charge in [0.15, 0.2) is 0 Å². The van der Waals surface area contributed by atoms with Gasteiger partial charge < -0.3 is 9.73 Å². The van der Waals surface area contributed by atoms with E-state index in [1.165, 1.54) is 5.56 Å². The number of benzene rings is 1. The maximum absolute atomic E-state index is 5.54. The number of aryl methyl sites for hydroxylation is 1. The number of nitrogens with zero attached hydrogens (tertiary/aromatic N) is 2. The molecule has 2 rings (SSSR count). The lowest BCUT2D eigenvalue weighted by Gasteiger charge is -2.13. The van der Waals surface area contributed by atoms with Gasteiger partial charge in [-0.3, -0.25) is 4.90 Å². The molecule has 0 atom stereocenters. The highest BCUT2D eigenvalue weighted by Crippen LogP contribution is 2.19. The Hall–Kier alpha value is -1.65. The van der Waals surface area contributed by atoms with Crippen LogP contribution in [0.4, 0.5) is 0 Å². The highest BCUT2D eigenvalue weighted by molar-refractivity contribution is 5.53. The van der Waals surface area contributed by atoms with Crippen molar-refractivity contribution in [1.82, 2.24) is 15.2 Å². The van der Waals surface area contributed by atoms with E-state index in [0.29, 0.717) is 5.89 Å². The maximum Gasteiger partial charge on any atom is 0.226 e. The molecule has 4 nitrogen and oxygen atoms in total. The molecule has 2 aromatic rings. The first-order valence-corrected chi connectivity index (χ1v) is 6.53. The summed E-state index contributed by atoms with van der Waals surface area (Å²) >= 11 is 0. The van der Waals surface area contributed by atoms with Crippen LogP contribution in [0.3, 0.4) is 0 Å². The van der Waals surface area contributed by atoms with Crippen molar-refractivity contribution in [3.8, 4) is 11.5 Å². The van der Waals surface area contributed by atoms with Gasteiger partial charge in [0.25, 0.3) is 0 Å². The Bertz CT molecular complexity index is 504.